The van der Waals surface area contributed by atoms with Gasteiger partial charge in [-0.25, -0.2) is 0 Å². The monoisotopic (exact) mass is 438 g/mol. The highest BCUT2D eigenvalue weighted by atomic mass is 35.5. The molecule has 3 aromatic rings. The number of Topliss-reactive ketones (excluding diaryl/α,β-unsaturated/α-hetero) is 1. The number of aliphatic hydroxyl groups is 1. The maximum atomic E-state index is 13.0. The summed E-state index contributed by atoms with van der Waals surface area (Å²) in [6.45, 7) is 3.62. The molecule has 158 valence electrons. The molecule has 1 N–H and O–H groups in total. The summed E-state index contributed by atoms with van der Waals surface area (Å²) >= 11 is 6.20. The molecule has 4 rings (SSSR count). The van der Waals surface area contributed by atoms with Gasteiger partial charge in [-0.15, -0.1) is 0 Å². The third-order valence-electron chi connectivity index (χ3n) is 5.13. The number of nitrogens with zero attached hydrogens (tertiary/aromatic N) is 2. The summed E-state index contributed by atoms with van der Waals surface area (Å²) in [6.07, 6.45) is 0. The van der Waals surface area contributed by atoms with E-state index in [-0.39, 0.29) is 27.7 Å². The van der Waals surface area contributed by atoms with Crippen molar-refractivity contribution in [2.45, 2.75) is 19.9 Å². The molecule has 2 heterocycles. The van der Waals surface area contributed by atoms with Crippen LogP contribution in [0.1, 0.15) is 28.5 Å². The normalized spacial score (nSPS) is 17.9. The Balaban J connectivity index is 1.93. The molecule has 1 aromatic heterocycles. The number of aryl methyl sites for hydroxylation is 2. The minimum absolute atomic E-state index is 0.0595. The Morgan fingerprint density at radius 3 is 2.42 bits per heavy atom. The first kappa shape index (κ1) is 20.7. The third kappa shape index (κ3) is 3.57. The lowest BCUT2D eigenvalue weighted by molar-refractivity contribution is -0.132. The summed E-state index contributed by atoms with van der Waals surface area (Å²) in [5, 5.41) is 15.3. The van der Waals surface area contributed by atoms with Gasteiger partial charge >= 0.3 is 5.91 Å². The summed E-state index contributed by atoms with van der Waals surface area (Å²) < 4.78 is 10.3. The Hall–Kier alpha value is -3.58. The maximum absolute atomic E-state index is 13.0. The molecule has 7 nitrogen and oxygen atoms in total. The second kappa shape index (κ2) is 7.92. The number of aromatic nitrogens is 1. The van der Waals surface area contributed by atoms with Crippen molar-refractivity contribution >= 4 is 34.9 Å². The van der Waals surface area contributed by atoms with E-state index in [2.05, 4.69) is 5.16 Å². The zero-order valence-electron chi connectivity index (χ0n) is 17.0. The van der Waals surface area contributed by atoms with E-state index >= 15 is 0 Å². The maximum Gasteiger partial charge on any atom is 0.301 e. The molecule has 0 saturated carbocycles. The first-order chi connectivity index (χ1) is 14.8. The molecule has 1 fully saturated rings. The van der Waals surface area contributed by atoms with Gasteiger partial charge in [-0.3, -0.25) is 14.5 Å². The molecule has 0 bridgehead atoms. The van der Waals surface area contributed by atoms with Gasteiger partial charge in [-0.05, 0) is 37.6 Å². The quantitative estimate of drug-likeness (QED) is 0.364. The van der Waals surface area contributed by atoms with E-state index in [4.69, 9.17) is 20.9 Å². The molecule has 1 aliphatic rings. The molecule has 2 aromatic carbocycles. The van der Waals surface area contributed by atoms with E-state index < -0.39 is 17.7 Å². The van der Waals surface area contributed by atoms with Crippen molar-refractivity contribution in [2.24, 2.45) is 0 Å². The fraction of sp³-hybridized carbons (Fsp3) is 0.174. The minimum atomic E-state index is -0.883. The number of carbonyl (C=O) groups is 2. The van der Waals surface area contributed by atoms with Gasteiger partial charge in [0.05, 0.1) is 23.7 Å². The van der Waals surface area contributed by atoms with Gasteiger partial charge in [0.2, 0.25) is 0 Å². The van der Waals surface area contributed by atoms with Gasteiger partial charge in [-0.2, -0.15) is 0 Å². The zero-order chi connectivity index (χ0) is 22.3. The Labute approximate surface area is 183 Å². The number of hydrogen-bond acceptors (Lipinski definition) is 6. The van der Waals surface area contributed by atoms with Crippen LogP contribution >= 0.6 is 11.6 Å². The van der Waals surface area contributed by atoms with E-state index in [0.717, 1.165) is 5.56 Å². The number of halogens is 1. The average Bonchev–Trinajstić information content (AvgIpc) is 3.29. The molecule has 0 radical (unpaired) electrons. The van der Waals surface area contributed by atoms with Crippen LogP contribution in [0, 0.1) is 13.8 Å². The molecule has 0 aliphatic carbocycles. The molecule has 1 unspecified atom stereocenters. The molecule has 1 saturated heterocycles. The predicted octanol–water partition coefficient (Wildman–Crippen LogP) is 4.58. The van der Waals surface area contributed by atoms with Crippen molar-refractivity contribution in [1.29, 1.82) is 0 Å². The molecule has 1 aliphatic heterocycles. The van der Waals surface area contributed by atoms with Crippen LogP contribution in [-0.2, 0) is 9.59 Å². The SMILES string of the molecule is COc1ccc(/C(O)=C2\C(=O)C(=O)N(c3cc(C)on3)C2c2ccc(C)cc2)cc1Cl. The molecule has 1 amide bonds. The van der Waals surface area contributed by atoms with Crippen molar-refractivity contribution in [1.82, 2.24) is 5.16 Å². The molecule has 0 spiro atoms. The predicted molar refractivity (Wildman–Crippen MR) is 115 cm³/mol. The van der Waals surface area contributed by atoms with E-state index in [1.807, 2.05) is 19.1 Å². The number of rotatable bonds is 4. The number of methoxy groups -OCH3 is 1. The molecular formula is C23H19ClN2O5. The van der Waals surface area contributed by atoms with Crippen LogP contribution in [0.25, 0.3) is 5.76 Å². The number of ketones is 1. The largest absolute Gasteiger partial charge is 0.507 e. The van der Waals surface area contributed by atoms with E-state index in [1.165, 1.54) is 18.1 Å². The van der Waals surface area contributed by atoms with Crippen molar-refractivity contribution in [3.8, 4) is 5.75 Å². The van der Waals surface area contributed by atoms with Gasteiger partial charge < -0.3 is 14.4 Å². The van der Waals surface area contributed by atoms with Crippen molar-refractivity contribution < 1.29 is 24.0 Å². The number of carbonyl (C=O) groups excluding carboxylic acids is 2. The Bertz CT molecular complexity index is 1210. The number of amides is 1. The first-order valence-corrected chi connectivity index (χ1v) is 9.84. The number of anilines is 1. The fourth-order valence-electron chi connectivity index (χ4n) is 3.57. The highest BCUT2D eigenvalue weighted by Crippen LogP contribution is 2.42. The fourth-order valence-corrected chi connectivity index (χ4v) is 3.83. The smallest absolute Gasteiger partial charge is 0.301 e. The minimum Gasteiger partial charge on any atom is -0.507 e. The van der Waals surface area contributed by atoms with Crippen LogP contribution in [0.15, 0.2) is 58.6 Å². The number of benzene rings is 2. The first-order valence-electron chi connectivity index (χ1n) is 9.46. The Kier molecular flexibility index (Phi) is 5.29. The number of hydrogen-bond donors (Lipinski definition) is 1. The van der Waals surface area contributed by atoms with Gasteiger partial charge in [-0.1, -0.05) is 46.6 Å². The van der Waals surface area contributed by atoms with Crippen molar-refractivity contribution in [2.75, 3.05) is 12.0 Å². The number of aliphatic hydroxyl groups excluding tert-OH is 1. The number of ether oxygens (including phenoxy) is 1. The van der Waals surface area contributed by atoms with Crippen molar-refractivity contribution in [3.05, 3.63) is 81.6 Å². The molecule has 8 heteroatoms. The lowest BCUT2D eigenvalue weighted by Gasteiger charge is -2.23. The van der Waals surface area contributed by atoms with Gasteiger partial charge in [0.1, 0.15) is 17.3 Å². The van der Waals surface area contributed by atoms with Crippen molar-refractivity contribution in [3.63, 3.8) is 0 Å². The second-order valence-electron chi connectivity index (χ2n) is 7.22. The van der Waals surface area contributed by atoms with Gasteiger partial charge in [0.15, 0.2) is 5.82 Å². The zero-order valence-corrected chi connectivity index (χ0v) is 17.8. The Morgan fingerprint density at radius 2 is 1.84 bits per heavy atom. The van der Waals surface area contributed by atoms with Crippen LogP contribution < -0.4 is 9.64 Å². The topological polar surface area (TPSA) is 92.9 Å². The van der Waals surface area contributed by atoms with Crippen LogP contribution in [-0.4, -0.2) is 29.1 Å². The summed E-state index contributed by atoms with van der Waals surface area (Å²) in [4.78, 5) is 27.3. The van der Waals surface area contributed by atoms with Crippen LogP contribution in [0.2, 0.25) is 5.02 Å². The highest BCUT2D eigenvalue weighted by Gasteiger charge is 2.48. The third-order valence-corrected chi connectivity index (χ3v) is 5.42. The molecular weight excluding hydrogens is 420 g/mol. The highest BCUT2D eigenvalue weighted by molar-refractivity contribution is 6.51. The lowest BCUT2D eigenvalue weighted by atomic mass is 9.94. The van der Waals surface area contributed by atoms with Crippen LogP contribution in [0.4, 0.5) is 5.82 Å². The summed E-state index contributed by atoms with van der Waals surface area (Å²) in [7, 11) is 1.48. The van der Waals surface area contributed by atoms with Gasteiger partial charge in [0, 0.05) is 11.6 Å². The summed E-state index contributed by atoms with van der Waals surface area (Å²) in [6, 6.07) is 12.7. The molecule has 31 heavy (non-hydrogen) atoms. The van der Waals surface area contributed by atoms with Crippen LogP contribution in [0.5, 0.6) is 5.75 Å². The standard InChI is InChI=1S/C23H19ClN2O5/c1-12-4-6-14(7-5-12)20-19(21(27)15-8-9-17(30-3)16(24)11-15)22(28)23(29)26(20)18-10-13(2)31-25-18/h4-11,20,27H,1-3H3/b21-19+. The van der Waals surface area contributed by atoms with E-state index in [1.54, 1.807) is 37.3 Å². The van der Waals surface area contributed by atoms with Gasteiger partial charge in [0.25, 0.3) is 5.78 Å². The van der Waals surface area contributed by atoms with E-state index in [9.17, 15) is 14.7 Å². The lowest BCUT2D eigenvalue weighted by Crippen LogP contribution is -2.29. The summed E-state index contributed by atoms with van der Waals surface area (Å²) in [5.74, 6) is -0.864. The molecule has 1 atom stereocenters. The Morgan fingerprint density at radius 1 is 1.13 bits per heavy atom. The summed E-state index contributed by atoms with van der Waals surface area (Å²) in [5.41, 5.74) is 1.89. The average molecular weight is 439 g/mol. The van der Waals surface area contributed by atoms with Crippen LogP contribution in [0.3, 0.4) is 0 Å². The van der Waals surface area contributed by atoms with E-state index in [0.29, 0.717) is 17.1 Å². The second-order valence-corrected chi connectivity index (χ2v) is 7.63.